The van der Waals surface area contributed by atoms with Gasteiger partial charge in [-0.25, -0.2) is 8.42 Å². The lowest BCUT2D eigenvalue weighted by Gasteiger charge is -2.36. The SMILES string of the molecule is COc1ccccc1N1CCN(S(=O)(=O)c2cc([N+](=O)[O-])ccc2Cl)CC1. The highest BCUT2D eigenvalue weighted by atomic mass is 35.5. The summed E-state index contributed by atoms with van der Waals surface area (Å²) in [5, 5.41) is 10.9. The molecule has 0 saturated carbocycles. The van der Waals surface area contributed by atoms with Gasteiger partial charge in [-0.2, -0.15) is 4.31 Å². The van der Waals surface area contributed by atoms with Gasteiger partial charge in [-0.1, -0.05) is 23.7 Å². The molecule has 0 aliphatic carbocycles. The average Bonchev–Trinajstić information content (AvgIpc) is 2.68. The number of hydrogen-bond acceptors (Lipinski definition) is 6. The Bertz CT molecular complexity index is 959. The van der Waals surface area contributed by atoms with Gasteiger partial charge in [0.25, 0.3) is 5.69 Å². The van der Waals surface area contributed by atoms with Crippen molar-refractivity contribution in [1.29, 1.82) is 0 Å². The number of anilines is 1. The van der Waals surface area contributed by atoms with Gasteiger partial charge in [0.2, 0.25) is 10.0 Å². The van der Waals surface area contributed by atoms with Gasteiger partial charge in [-0.05, 0) is 18.2 Å². The van der Waals surface area contributed by atoms with E-state index in [0.29, 0.717) is 13.1 Å². The van der Waals surface area contributed by atoms with Crippen LogP contribution in [-0.4, -0.2) is 50.9 Å². The molecular formula is C17H18ClN3O5S. The third kappa shape index (κ3) is 3.85. The molecule has 144 valence electrons. The molecule has 2 aromatic carbocycles. The van der Waals surface area contributed by atoms with E-state index in [2.05, 4.69) is 0 Å². The van der Waals surface area contributed by atoms with Crippen LogP contribution in [0.4, 0.5) is 11.4 Å². The van der Waals surface area contributed by atoms with Gasteiger partial charge in [-0.3, -0.25) is 10.1 Å². The van der Waals surface area contributed by atoms with Crippen LogP contribution in [0, 0.1) is 10.1 Å². The van der Waals surface area contributed by atoms with E-state index in [4.69, 9.17) is 16.3 Å². The second kappa shape index (κ2) is 7.71. The van der Waals surface area contributed by atoms with Crippen LogP contribution >= 0.6 is 11.6 Å². The van der Waals surface area contributed by atoms with Crippen molar-refractivity contribution < 1.29 is 18.1 Å². The summed E-state index contributed by atoms with van der Waals surface area (Å²) in [4.78, 5) is 12.1. The van der Waals surface area contributed by atoms with Crippen molar-refractivity contribution >= 4 is 33.0 Å². The number of rotatable bonds is 5. The first-order valence-electron chi connectivity index (χ1n) is 8.16. The van der Waals surface area contributed by atoms with Crippen LogP contribution in [0.3, 0.4) is 0 Å². The number of benzene rings is 2. The highest BCUT2D eigenvalue weighted by Gasteiger charge is 2.32. The summed E-state index contributed by atoms with van der Waals surface area (Å²) in [6.45, 7) is 1.40. The molecule has 2 aromatic rings. The van der Waals surface area contributed by atoms with Gasteiger partial charge in [0.05, 0.1) is 22.7 Å². The molecule has 27 heavy (non-hydrogen) atoms. The van der Waals surface area contributed by atoms with Gasteiger partial charge in [-0.15, -0.1) is 0 Å². The third-order valence-electron chi connectivity index (χ3n) is 4.41. The van der Waals surface area contributed by atoms with Gasteiger partial charge in [0, 0.05) is 38.3 Å². The third-order valence-corrected chi connectivity index (χ3v) is 6.79. The lowest BCUT2D eigenvalue weighted by Crippen LogP contribution is -2.48. The summed E-state index contributed by atoms with van der Waals surface area (Å²) in [7, 11) is -2.34. The second-order valence-electron chi connectivity index (χ2n) is 5.93. The molecule has 1 aliphatic rings. The summed E-state index contributed by atoms with van der Waals surface area (Å²) in [5.41, 5.74) is 0.580. The molecule has 0 N–H and O–H groups in total. The number of halogens is 1. The van der Waals surface area contributed by atoms with Gasteiger partial charge in [0.15, 0.2) is 0 Å². The maximum atomic E-state index is 12.9. The number of piperazine rings is 1. The van der Waals surface area contributed by atoms with E-state index in [1.54, 1.807) is 7.11 Å². The first kappa shape index (κ1) is 19.4. The highest BCUT2D eigenvalue weighted by molar-refractivity contribution is 7.89. The van der Waals surface area contributed by atoms with Gasteiger partial charge in [0.1, 0.15) is 10.6 Å². The zero-order valence-electron chi connectivity index (χ0n) is 14.5. The van der Waals surface area contributed by atoms with Crippen molar-refractivity contribution in [3.05, 3.63) is 57.6 Å². The molecule has 1 fully saturated rings. The lowest BCUT2D eigenvalue weighted by molar-refractivity contribution is -0.385. The maximum absolute atomic E-state index is 12.9. The fourth-order valence-electron chi connectivity index (χ4n) is 3.00. The van der Waals surface area contributed by atoms with E-state index < -0.39 is 14.9 Å². The molecule has 3 rings (SSSR count). The van der Waals surface area contributed by atoms with Crippen LogP contribution < -0.4 is 9.64 Å². The predicted molar refractivity (Wildman–Crippen MR) is 102 cm³/mol. The van der Waals surface area contributed by atoms with Gasteiger partial charge >= 0.3 is 0 Å². The number of sulfonamides is 1. The number of nitro groups is 1. The minimum absolute atomic E-state index is 0.0345. The Morgan fingerprint density at radius 2 is 1.78 bits per heavy atom. The predicted octanol–water partition coefficient (Wildman–Crippen LogP) is 2.77. The van der Waals surface area contributed by atoms with Crippen molar-refractivity contribution in [1.82, 2.24) is 4.31 Å². The molecule has 1 heterocycles. The quantitative estimate of drug-likeness (QED) is 0.554. The summed E-state index contributed by atoms with van der Waals surface area (Å²) >= 11 is 6.01. The molecular weight excluding hydrogens is 394 g/mol. The number of para-hydroxylation sites is 2. The van der Waals surface area contributed by atoms with Crippen molar-refractivity contribution in [2.24, 2.45) is 0 Å². The molecule has 0 spiro atoms. The fraction of sp³-hybridized carbons (Fsp3) is 0.294. The number of nitrogens with zero attached hydrogens (tertiary/aromatic N) is 3. The topological polar surface area (TPSA) is 93.0 Å². The van der Waals surface area contributed by atoms with Crippen molar-refractivity contribution in [2.45, 2.75) is 4.90 Å². The molecule has 0 atom stereocenters. The van der Waals surface area contributed by atoms with E-state index >= 15 is 0 Å². The first-order valence-corrected chi connectivity index (χ1v) is 9.98. The number of methoxy groups -OCH3 is 1. The standard InChI is InChI=1S/C17H18ClN3O5S/c1-26-16-5-3-2-4-15(16)19-8-10-20(11-9-19)27(24,25)17-12-13(21(22)23)6-7-14(17)18/h2-7,12H,8-11H2,1H3. The molecule has 1 saturated heterocycles. The Labute approximate surface area is 162 Å². The summed E-state index contributed by atoms with van der Waals surface area (Å²) < 4.78 is 32.5. The molecule has 10 heteroatoms. The molecule has 0 bridgehead atoms. The average molecular weight is 412 g/mol. The largest absolute Gasteiger partial charge is 0.495 e. The van der Waals surface area contributed by atoms with Crippen molar-refractivity contribution in [2.75, 3.05) is 38.2 Å². The Hall–Kier alpha value is -2.36. The summed E-state index contributed by atoms with van der Waals surface area (Å²) in [6, 6.07) is 10.9. The number of non-ortho nitro benzene ring substituents is 1. The van der Waals surface area contributed by atoms with Gasteiger partial charge < -0.3 is 9.64 Å². The van der Waals surface area contributed by atoms with E-state index in [0.717, 1.165) is 17.5 Å². The maximum Gasteiger partial charge on any atom is 0.270 e. The van der Waals surface area contributed by atoms with Crippen LogP contribution in [0.5, 0.6) is 5.75 Å². The van der Waals surface area contributed by atoms with Crippen molar-refractivity contribution in [3.63, 3.8) is 0 Å². The molecule has 0 unspecified atom stereocenters. The molecule has 0 amide bonds. The molecule has 0 radical (unpaired) electrons. The number of ether oxygens (including phenoxy) is 1. The minimum atomic E-state index is -3.93. The minimum Gasteiger partial charge on any atom is -0.495 e. The summed E-state index contributed by atoms with van der Waals surface area (Å²) in [5.74, 6) is 0.718. The fourth-order valence-corrected chi connectivity index (χ4v) is 4.92. The van der Waals surface area contributed by atoms with E-state index in [-0.39, 0.29) is 28.7 Å². The van der Waals surface area contributed by atoms with Crippen LogP contribution in [0.1, 0.15) is 0 Å². The Kier molecular flexibility index (Phi) is 5.54. The highest BCUT2D eigenvalue weighted by Crippen LogP contribution is 2.31. The lowest BCUT2D eigenvalue weighted by atomic mass is 10.2. The molecule has 1 aliphatic heterocycles. The van der Waals surface area contributed by atoms with E-state index in [9.17, 15) is 18.5 Å². The first-order chi connectivity index (χ1) is 12.8. The molecule has 0 aromatic heterocycles. The Morgan fingerprint density at radius 3 is 2.41 bits per heavy atom. The zero-order valence-corrected chi connectivity index (χ0v) is 16.1. The molecule has 8 nitrogen and oxygen atoms in total. The van der Waals surface area contributed by atoms with E-state index in [1.165, 1.54) is 16.4 Å². The van der Waals surface area contributed by atoms with Crippen LogP contribution in [0.15, 0.2) is 47.4 Å². The Balaban J connectivity index is 1.81. The van der Waals surface area contributed by atoms with Crippen LogP contribution in [0.25, 0.3) is 0 Å². The zero-order chi connectivity index (χ0) is 19.6. The number of nitro benzene ring substituents is 1. The van der Waals surface area contributed by atoms with Crippen LogP contribution in [-0.2, 0) is 10.0 Å². The normalized spacial score (nSPS) is 15.6. The van der Waals surface area contributed by atoms with E-state index in [1.807, 2.05) is 29.2 Å². The van der Waals surface area contributed by atoms with Crippen molar-refractivity contribution in [3.8, 4) is 5.75 Å². The van der Waals surface area contributed by atoms with Crippen LogP contribution in [0.2, 0.25) is 5.02 Å². The second-order valence-corrected chi connectivity index (χ2v) is 8.25. The smallest absolute Gasteiger partial charge is 0.270 e. The summed E-state index contributed by atoms with van der Waals surface area (Å²) in [6.07, 6.45) is 0. The number of hydrogen-bond donors (Lipinski definition) is 0. The monoisotopic (exact) mass is 411 g/mol. The Morgan fingerprint density at radius 1 is 1.11 bits per heavy atom.